The number of hydrogen-bond donors (Lipinski definition) is 1. The molecule has 2 amide bonds. The Kier molecular flexibility index (Phi) is 7.27. The topological polar surface area (TPSA) is 80.4 Å². The summed E-state index contributed by atoms with van der Waals surface area (Å²) in [6, 6.07) is 21.8. The molecule has 40 heavy (non-hydrogen) atoms. The highest BCUT2D eigenvalue weighted by atomic mass is 32.2. The molecule has 3 aromatic heterocycles. The number of para-hydroxylation sites is 1. The van der Waals surface area contributed by atoms with E-state index in [4.69, 9.17) is 9.52 Å². The minimum atomic E-state index is -0.522. The third-order valence-electron chi connectivity index (χ3n) is 6.72. The van der Waals surface area contributed by atoms with Crippen LogP contribution >= 0.6 is 23.1 Å². The summed E-state index contributed by atoms with van der Waals surface area (Å²) in [6.07, 6.45) is 1.54. The molecule has 0 saturated carbocycles. The third-order valence-corrected chi connectivity index (χ3v) is 8.83. The number of thioether (sulfide) groups is 1. The number of hydrogen-bond acceptors (Lipinski definition) is 6. The molecule has 1 atom stereocenters. The third kappa shape index (κ3) is 4.96. The second kappa shape index (κ2) is 11.1. The largest absolute Gasteiger partial charge is 0.467 e. The number of nitrogens with one attached hydrogen (secondary N) is 1. The maximum atomic E-state index is 15.3. The fraction of sp³-hybridized carbons (Fsp3) is 0.167. The van der Waals surface area contributed by atoms with Crippen LogP contribution < -0.4 is 10.2 Å². The molecule has 202 valence electrons. The molecule has 0 unspecified atom stereocenters. The van der Waals surface area contributed by atoms with Gasteiger partial charge in [-0.05, 0) is 48.2 Å². The molecule has 6 rings (SSSR count). The van der Waals surface area contributed by atoms with Crippen molar-refractivity contribution in [1.29, 1.82) is 0 Å². The first-order valence-corrected chi connectivity index (χ1v) is 14.6. The molecular weight excluding hydrogens is 547 g/mol. The smallest absolute Gasteiger partial charge is 0.240 e. The molecule has 10 heteroatoms. The van der Waals surface area contributed by atoms with Crippen molar-refractivity contribution in [1.82, 2.24) is 15.1 Å². The van der Waals surface area contributed by atoms with E-state index >= 15 is 4.39 Å². The molecule has 0 spiro atoms. The Labute approximate surface area is 238 Å². The summed E-state index contributed by atoms with van der Waals surface area (Å²) in [5.41, 5.74) is 3.54. The predicted molar refractivity (Wildman–Crippen MR) is 155 cm³/mol. The second-order valence-corrected chi connectivity index (χ2v) is 11.4. The predicted octanol–water partition coefficient (Wildman–Crippen LogP) is 6.13. The Morgan fingerprint density at radius 3 is 2.67 bits per heavy atom. The number of nitrogens with zero attached hydrogens (tertiary/aromatic N) is 3. The van der Waals surface area contributed by atoms with Gasteiger partial charge in [-0.15, -0.1) is 23.1 Å². The van der Waals surface area contributed by atoms with Crippen LogP contribution in [0.1, 0.15) is 27.7 Å². The summed E-state index contributed by atoms with van der Waals surface area (Å²) in [6.45, 7) is 1.94. The maximum Gasteiger partial charge on any atom is 0.240 e. The van der Waals surface area contributed by atoms with E-state index in [1.807, 2.05) is 48.7 Å². The highest BCUT2D eigenvalue weighted by Gasteiger charge is 2.38. The van der Waals surface area contributed by atoms with E-state index in [1.165, 1.54) is 34.1 Å². The monoisotopic (exact) mass is 572 g/mol. The van der Waals surface area contributed by atoms with E-state index in [2.05, 4.69) is 5.32 Å². The SMILES string of the molecule is Cc1ccccc1-n1nc(-c2cccs2)c2c1N(CC(=O)NCc1ccco1)C(=O)CS[C@H]2c1ccccc1F. The van der Waals surface area contributed by atoms with Crippen molar-refractivity contribution < 1.29 is 18.4 Å². The van der Waals surface area contributed by atoms with Crippen LogP contribution in [0.3, 0.4) is 0 Å². The molecule has 0 bridgehead atoms. The average molecular weight is 573 g/mol. The summed E-state index contributed by atoms with van der Waals surface area (Å²) >= 11 is 2.86. The van der Waals surface area contributed by atoms with Crippen molar-refractivity contribution >= 4 is 40.7 Å². The van der Waals surface area contributed by atoms with Crippen LogP contribution in [0, 0.1) is 12.7 Å². The number of halogens is 1. The Bertz CT molecular complexity index is 1660. The molecule has 5 aromatic rings. The van der Waals surface area contributed by atoms with Crippen molar-refractivity contribution in [3.63, 3.8) is 0 Å². The molecule has 1 aliphatic heterocycles. The van der Waals surface area contributed by atoms with Gasteiger partial charge in [0.2, 0.25) is 11.8 Å². The summed E-state index contributed by atoms with van der Waals surface area (Å²) in [4.78, 5) is 29.3. The summed E-state index contributed by atoms with van der Waals surface area (Å²) < 4.78 is 22.4. The number of carbonyl (C=O) groups is 2. The van der Waals surface area contributed by atoms with Crippen LogP contribution in [-0.4, -0.2) is 33.9 Å². The lowest BCUT2D eigenvalue weighted by Crippen LogP contribution is -2.42. The van der Waals surface area contributed by atoms with Crippen LogP contribution in [0.2, 0.25) is 0 Å². The number of rotatable bonds is 7. The van der Waals surface area contributed by atoms with Gasteiger partial charge in [-0.3, -0.25) is 14.5 Å². The number of aryl methyl sites for hydroxylation is 1. The van der Waals surface area contributed by atoms with Crippen LogP contribution in [0.25, 0.3) is 16.3 Å². The minimum Gasteiger partial charge on any atom is -0.467 e. The Morgan fingerprint density at radius 1 is 1.10 bits per heavy atom. The van der Waals surface area contributed by atoms with Gasteiger partial charge in [0.15, 0.2) is 0 Å². The van der Waals surface area contributed by atoms with Gasteiger partial charge in [-0.2, -0.15) is 5.10 Å². The first-order chi connectivity index (χ1) is 19.5. The van der Waals surface area contributed by atoms with Crippen LogP contribution in [-0.2, 0) is 16.1 Å². The normalized spacial score (nSPS) is 15.1. The van der Waals surface area contributed by atoms with Gasteiger partial charge in [-0.25, -0.2) is 9.07 Å². The maximum absolute atomic E-state index is 15.3. The number of carbonyl (C=O) groups excluding carboxylic acids is 2. The van der Waals surface area contributed by atoms with E-state index in [9.17, 15) is 9.59 Å². The molecule has 1 aliphatic rings. The zero-order valence-electron chi connectivity index (χ0n) is 21.5. The second-order valence-electron chi connectivity index (χ2n) is 9.31. The van der Waals surface area contributed by atoms with Crippen molar-refractivity contribution in [2.24, 2.45) is 0 Å². The van der Waals surface area contributed by atoms with Gasteiger partial charge in [-0.1, -0.05) is 42.5 Å². The van der Waals surface area contributed by atoms with Crippen LogP contribution in [0.4, 0.5) is 10.2 Å². The zero-order valence-corrected chi connectivity index (χ0v) is 23.2. The highest BCUT2D eigenvalue weighted by molar-refractivity contribution is 8.00. The average Bonchev–Trinajstić information content (AvgIpc) is 3.72. The molecule has 1 N–H and O–H groups in total. The number of furan rings is 1. The first kappa shape index (κ1) is 26.1. The summed E-state index contributed by atoms with van der Waals surface area (Å²) in [5, 5.41) is 9.32. The molecule has 0 aliphatic carbocycles. The van der Waals surface area contributed by atoms with E-state index in [-0.39, 0.29) is 36.5 Å². The van der Waals surface area contributed by atoms with Gasteiger partial charge in [0, 0.05) is 11.1 Å². The quantitative estimate of drug-likeness (QED) is 0.254. The number of anilines is 1. The van der Waals surface area contributed by atoms with Gasteiger partial charge < -0.3 is 9.73 Å². The van der Waals surface area contributed by atoms with E-state index in [1.54, 1.807) is 41.3 Å². The Morgan fingerprint density at radius 2 is 1.93 bits per heavy atom. The number of fused-ring (bicyclic) bond motifs is 1. The van der Waals surface area contributed by atoms with Crippen molar-refractivity contribution in [3.05, 3.63) is 113 Å². The van der Waals surface area contributed by atoms with E-state index in [0.29, 0.717) is 28.4 Å². The van der Waals surface area contributed by atoms with Gasteiger partial charge in [0.05, 0.1) is 34.4 Å². The lowest BCUT2D eigenvalue weighted by molar-refractivity contribution is -0.123. The lowest BCUT2D eigenvalue weighted by Gasteiger charge is -2.23. The summed E-state index contributed by atoms with van der Waals surface area (Å²) in [5.74, 6) is 0.178. The van der Waals surface area contributed by atoms with E-state index < -0.39 is 5.25 Å². The van der Waals surface area contributed by atoms with Crippen LogP contribution in [0.5, 0.6) is 0 Å². The number of thiophene rings is 1. The molecule has 0 radical (unpaired) electrons. The minimum absolute atomic E-state index is 0.0663. The molecule has 0 fully saturated rings. The number of aromatic nitrogens is 2. The van der Waals surface area contributed by atoms with Gasteiger partial charge in [0.25, 0.3) is 0 Å². The van der Waals surface area contributed by atoms with E-state index in [0.717, 1.165) is 16.1 Å². The standard InChI is InChI=1S/C30H25FN4O3S2/c1-19-8-2-5-12-23(19)35-30-27(28(33-35)24-13-7-15-39-24)29(21-10-3-4-11-22(21)31)40-18-26(37)34(30)17-25(36)32-16-20-9-6-14-38-20/h2-15,29H,16-18H2,1H3,(H,32,36)/t29-/m0/s1. The molecular formula is C30H25FN4O3S2. The molecule has 0 saturated heterocycles. The van der Waals surface area contributed by atoms with Crippen molar-refractivity contribution in [2.75, 3.05) is 17.2 Å². The number of amides is 2. The summed E-state index contributed by atoms with van der Waals surface area (Å²) in [7, 11) is 0. The highest BCUT2D eigenvalue weighted by Crippen LogP contribution is 2.49. The van der Waals surface area contributed by atoms with Crippen molar-refractivity contribution in [2.45, 2.75) is 18.7 Å². The van der Waals surface area contributed by atoms with Crippen LogP contribution in [0.15, 0.2) is 88.9 Å². The van der Waals surface area contributed by atoms with Gasteiger partial charge >= 0.3 is 0 Å². The molecule has 2 aromatic carbocycles. The number of benzene rings is 2. The van der Waals surface area contributed by atoms with Crippen molar-refractivity contribution in [3.8, 4) is 16.3 Å². The lowest BCUT2D eigenvalue weighted by atomic mass is 10.0. The molecule has 4 heterocycles. The molecule has 7 nitrogen and oxygen atoms in total. The fourth-order valence-electron chi connectivity index (χ4n) is 4.82. The Hall–Kier alpha value is -4.15. The first-order valence-electron chi connectivity index (χ1n) is 12.7. The Balaban J connectivity index is 1.54. The fourth-order valence-corrected chi connectivity index (χ4v) is 6.76. The van der Waals surface area contributed by atoms with Gasteiger partial charge in [0.1, 0.15) is 29.6 Å². The zero-order chi connectivity index (χ0) is 27.6.